The zero-order valence-corrected chi connectivity index (χ0v) is 11.6. The number of aromatic amines is 1. The van der Waals surface area contributed by atoms with Gasteiger partial charge in [-0.05, 0) is 25.4 Å². The molecule has 0 aliphatic carbocycles. The molecule has 0 amide bonds. The van der Waals surface area contributed by atoms with Gasteiger partial charge in [-0.25, -0.2) is 9.89 Å². The molecule has 17 heavy (non-hydrogen) atoms. The first-order valence-electron chi connectivity index (χ1n) is 6.17. The second kappa shape index (κ2) is 7.55. The summed E-state index contributed by atoms with van der Waals surface area (Å²) in [6.45, 7) is 9.10. The highest BCUT2D eigenvalue weighted by Crippen LogP contribution is 2.16. The van der Waals surface area contributed by atoms with Crippen molar-refractivity contribution in [3.05, 3.63) is 10.5 Å². The minimum absolute atomic E-state index is 0.103. The molecular formula is C11H22N4OS. The lowest BCUT2D eigenvalue weighted by Crippen LogP contribution is -2.22. The second-order valence-corrected chi connectivity index (χ2v) is 5.17. The Morgan fingerprint density at radius 2 is 2.29 bits per heavy atom. The fourth-order valence-electron chi connectivity index (χ4n) is 1.50. The molecular weight excluding hydrogens is 236 g/mol. The molecule has 0 fully saturated rings. The van der Waals surface area contributed by atoms with Crippen molar-refractivity contribution in [1.29, 1.82) is 0 Å². The van der Waals surface area contributed by atoms with Gasteiger partial charge in [0.1, 0.15) is 0 Å². The smallest absolute Gasteiger partial charge is 0.317 e. The van der Waals surface area contributed by atoms with Crippen LogP contribution >= 0.6 is 11.8 Å². The standard InChI is InChI=1S/C11H22N4OS/c1-4-6-15-10(16)13-14-11(15)17-8-9(3)7-12-5-2/h9,12H,4-8H2,1-3H3,(H,13,16). The Morgan fingerprint density at radius 1 is 1.53 bits per heavy atom. The molecule has 1 unspecified atom stereocenters. The van der Waals surface area contributed by atoms with Gasteiger partial charge in [0.15, 0.2) is 5.16 Å². The third kappa shape index (κ3) is 4.55. The minimum Gasteiger partial charge on any atom is -0.317 e. The van der Waals surface area contributed by atoms with E-state index in [1.165, 1.54) is 0 Å². The van der Waals surface area contributed by atoms with Crippen LogP contribution in [0, 0.1) is 5.92 Å². The van der Waals surface area contributed by atoms with Crippen LogP contribution in [0.5, 0.6) is 0 Å². The highest BCUT2D eigenvalue weighted by molar-refractivity contribution is 7.99. The van der Waals surface area contributed by atoms with Crippen molar-refractivity contribution in [2.45, 2.75) is 38.9 Å². The van der Waals surface area contributed by atoms with Crippen molar-refractivity contribution in [3.63, 3.8) is 0 Å². The predicted octanol–water partition coefficient (Wildman–Crippen LogP) is 1.32. The quantitative estimate of drug-likeness (QED) is 0.690. The summed E-state index contributed by atoms with van der Waals surface area (Å²) in [7, 11) is 0. The first kappa shape index (κ1) is 14.3. The maximum Gasteiger partial charge on any atom is 0.343 e. The molecule has 98 valence electrons. The highest BCUT2D eigenvalue weighted by Gasteiger charge is 2.10. The van der Waals surface area contributed by atoms with Gasteiger partial charge < -0.3 is 5.32 Å². The third-order valence-electron chi connectivity index (χ3n) is 2.41. The summed E-state index contributed by atoms with van der Waals surface area (Å²) in [6, 6.07) is 0. The van der Waals surface area contributed by atoms with E-state index in [2.05, 4.69) is 36.3 Å². The molecule has 0 saturated heterocycles. The van der Waals surface area contributed by atoms with Crippen LogP contribution in [0.2, 0.25) is 0 Å². The summed E-state index contributed by atoms with van der Waals surface area (Å²) >= 11 is 1.65. The van der Waals surface area contributed by atoms with Crippen LogP contribution in [0.4, 0.5) is 0 Å². The van der Waals surface area contributed by atoms with Crippen LogP contribution < -0.4 is 11.0 Å². The molecule has 2 N–H and O–H groups in total. The van der Waals surface area contributed by atoms with Crippen LogP contribution in [-0.2, 0) is 6.54 Å². The number of nitrogens with one attached hydrogen (secondary N) is 2. The number of rotatable bonds is 8. The van der Waals surface area contributed by atoms with Crippen LogP contribution in [0.3, 0.4) is 0 Å². The van der Waals surface area contributed by atoms with Gasteiger partial charge in [-0.1, -0.05) is 32.5 Å². The molecule has 1 aromatic rings. The molecule has 5 nitrogen and oxygen atoms in total. The van der Waals surface area contributed by atoms with E-state index in [9.17, 15) is 4.79 Å². The SMILES string of the molecule is CCCn1c(SCC(C)CNCC)n[nH]c1=O. The Balaban J connectivity index is 2.48. The second-order valence-electron chi connectivity index (χ2n) is 4.19. The summed E-state index contributed by atoms with van der Waals surface area (Å²) in [5, 5.41) is 10.7. The zero-order chi connectivity index (χ0) is 12.7. The maximum atomic E-state index is 11.5. The van der Waals surface area contributed by atoms with Crippen molar-refractivity contribution in [1.82, 2.24) is 20.1 Å². The lowest BCUT2D eigenvalue weighted by atomic mass is 10.2. The van der Waals surface area contributed by atoms with E-state index >= 15 is 0 Å². The van der Waals surface area contributed by atoms with E-state index in [-0.39, 0.29) is 5.69 Å². The van der Waals surface area contributed by atoms with E-state index in [0.717, 1.165) is 37.0 Å². The largest absolute Gasteiger partial charge is 0.343 e. The number of thioether (sulfide) groups is 1. The Hall–Kier alpha value is -0.750. The van der Waals surface area contributed by atoms with E-state index in [1.54, 1.807) is 16.3 Å². The Kier molecular flexibility index (Phi) is 6.36. The molecule has 0 radical (unpaired) electrons. The van der Waals surface area contributed by atoms with E-state index < -0.39 is 0 Å². The molecule has 0 saturated carbocycles. The van der Waals surface area contributed by atoms with E-state index in [4.69, 9.17) is 0 Å². The summed E-state index contributed by atoms with van der Waals surface area (Å²) < 4.78 is 1.71. The van der Waals surface area contributed by atoms with Crippen molar-refractivity contribution in [3.8, 4) is 0 Å². The minimum atomic E-state index is -0.103. The van der Waals surface area contributed by atoms with Gasteiger partial charge >= 0.3 is 5.69 Å². The molecule has 0 aromatic carbocycles. The number of H-pyrrole nitrogens is 1. The maximum absolute atomic E-state index is 11.5. The topological polar surface area (TPSA) is 62.7 Å². The van der Waals surface area contributed by atoms with Crippen LogP contribution in [0.15, 0.2) is 9.95 Å². The molecule has 0 bridgehead atoms. The molecule has 1 aromatic heterocycles. The number of nitrogens with zero attached hydrogens (tertiary/aromatic N) is 2. The molecule has 1 heterocycles. The Morgan fingerprint density at radius 3 is 2.94 bits per heavy atom. The summed E-state index contributed by atoms with van der Waals surface area (Å²) in [4.78, 5) is 11.5. The monoisotopic (exact) mass is 258 g/mol. The van der Waals surface area contributed by atoms with Crippen molar-refractivity contribution >= 4 is 11.8 Å². The van der Waals surface area contributed by atoms with E-state index in [1.807, 2.05) is 0 Å². The number of hydrogen-bond acceptors (Lipinski definition) is 4. The fourth-order valence-corrected chi connectivity index (χ4v) is 2.49. The van der Waals surface area contributed by atoms with Gasteiger partial charge in [0, 0.05) is 12.3 Å². The van der Waals surface area contributed by atoms with Crippen LogP contribution in [-0.4, -0.2) is 33.6 Å². The van der Waals surface area contributed by atoms with Gasteiger partial charge in [0.05, 0.1) is 0 Å². The van der Waals surface area contributed by atoms with Gasteiger partial charge in [0.25, 0.3) is 0 Å². The Labute approximate surface area is 106 Å². The lowest BCUT2D eigenvalue weighted by molar-refractivity contribution is 0.569. The zero-order valence-electron chi connectivity index (χ0n) is 10.8. The molecule has 1 rings (SSSR count). The fraction of sp³-hybridized carbons (Fsp3) is 0.818. The van der Waals surface area contributed by atoms with Crippen LogP contribution in [0.1, 0.15) is 27.2 Å². The normalized spacial score (nSPS) is 12.9. The van der Waals surface area contributed by atoms with Crippen LogP contribution in [0.25, 0.3) is 0 Å². The van der Waals surface area contributed by atoms with Gasteiger partial charge in [0.2, 0.25) is 0 Å². The molecule has 1 atom stereocenters. The molecule has 6 heteroatoms. The summed E-state index contributed by atoms with van der Waals surface area (Å²) in [6.07, 6.45) is 0.944. The number of aromatic nitrogens is 3. The number of hydrogen-bond donors (Lipinski definition) is 2. The summed E-state index contributed by atoms with van der Waals surface area (Å²) in [5.74, 6) is 1.54. The molecule has 0 aliphatic rings. The van der Waals surface area contributed by atoms with Gasteiger partial charge in [-0.15, -0.1) is 5.10 Å². The van der Waals surface area contributed by atoms with Gasteiger partial charge in [-0.2, -0.15) is 0 Å². The Bertz CT molecular complexity index is 374. The molecule has 0 spiro atoms. The average molecular weight is 258 g/mol. The van der Waals surface area contributed by atoms with E-state index in [0.29, 0.717) is 5.92 Å². The first-order valence-corrected chi connectivity index (χ1v) is 7.16. The summed E-state index contributed by atoms with van der Waals surface area (Å²) in [5.41, 5.74) is -0.103. The predicted molar refractivity (Wildman–Crippen MR) is 71.6 cm³/mol. The van der Waals surface area contributed by atoms with Gasteiger partial charge in [-0.3, -0.25) is 4.57 Å². The lowest BCUT2D eigenvalue weighted by Gasteiger charge is -2.10. The third-order valence-corrected chi connectivity index (χ3v) is 3.72. The van der Waals surface area contributed by atoms with Crippen molar-refractivity contribution < 1.29 is 0 Å². The average Bonchev–Trinajstić information content (AvgIpc) is 2.66. The molecule has 0 aliphatic heterocycles. The first-order chi connectivity index (χ1) is 8.19. The van der Waals surface area contributed by atoms with Crippen molar-refractivity contribution in [2.24, 2.45) is 5.92 Å². The van der Waals surface area contributed by atoms with Crippen molar-refractivity contribution in [2.75, 3.05) is 18.8 Å². The highest BCUT2D eigenvalue weighted by atomic mass is 32.2.